The molecule has 34 heavy (non-hydrogen) atoms. The van der Waals surface area contributed by atoms with Gasteiger partial charge in [0, 0.05) is 37.7 Å². The summed E-state index contributed by atoms with van der Waals surface area (Å²) in [7, 11) is -3.52. The Hall–Kier alpha value is -3.57. The molecule has 0 fully saturated rings. The van der Waals surface area contributed by atoms with Gasteiger partial charge in [0.15, 0.2) is 0 Å². The second kappa shape index (κ2) is 10.6. The second-order valence-electron chi connectivity index (χ2n) is 7.64. The Kier molecular flexibility index (Phi) is 7.79. The lowest BCUT2D eigenvalue weighted by Gasteiger charge is -2.18. The Balaban J connectivity index is 1.65. The van der Waals surface area contributed by atoms with E-state index in [1.54, 1.807) is 63.2 Å². The first-order valence-corrected chi connectivity index (χ1v) is 12.3. The average Bonchev–Trinajstić information content (AvgIpc) is 3.18. The molecule has 1 amide bonds. The number of amides is 1. The van der Waals surface area contributed by atoms with Crippen molar-refractivity contribution < 1.29 is 18.1 Å². The van der Waals surface area contributed by atoms with Crippen LogP contribution >= 0.6 is 0 Å². The Bertz CT molecular complexity index is 1260. The van der Waals surface area contributed by atoms with Crippen LogP contribution in [0, 0.1) is 17.0 Å². The lowest BCUT2D eigenvalue weighted by atomic mass is 10.1. The van der Waals surface area contributed by atoms with Gasteiger partial charge in [-0.05, 0) is 43.2 Å². The monoisotopic (exact) mass is 485 g/mol. The third kappa shape index (κ3) is 5.67. The molecule has 0 saturated heterocycles. The number of nitrogens with zero attached hydrogens (tertiary/aromatic N) is 4. The Morgan fingerprint density at radius 1 is 1.09 bits per heavy atom. The maximum absolute atomic E-state index is 12.6. The number of aromatic nitrogens is 2. The maximum Gasteiger partial charge on any atom is 0.269 e. The fraction of sp³-hybridized carbons (Fsp3) is 0.304. The zero-order valence-electron chi connectivity index (χ0n) is 19.3. The first-order chi connectivity index (χ1) is 16.1. The van der Waals surface area contributed by atoms with Gasteiger partial charge in [0.1, 0.15) is 5.82 Å². The zero-order chi connectivity index (χ0) is 24.9. The molecule has 2 aromatic carbocycles. The smallest absolute Gasteiger partial charge is 0.269 e. The molecule has 0 saturated carbocycles. The van der Waals surface area contributed by atoms with Crippen molar-refractivity contribution in [3.8, 4) is 5.69 Å². The minimum absolute atomic E-state index is 0.0332. The third-order valence-electron chi connectivity index (χ3n) is 5.31. The number of nitro benzene ring substituents is 1. The maximum atomic E-state index is 12.6. The number of non-ortho nitro benzene ring substituents is 1. The van der Waals surface area contributed by atoms with Crippen LogP contribution in [0.3, 0.4) is 0 Å². The molecule has 11 heteroatoms. The van der Waals surface area contributed by atoms with E-state index < -0.39 is 14.9 Å². The van der Waals surface area contributed by atoms with Crippen LogP contribution in [0.5, 0.6) is 0 Å². The fourth-order valence-electron chi connectivity index (χ4n) is 3.50. The first kappa shape index (κ1) is 25.1. The van der Waals surface area contributed by atoms with Gasteiger partial charge in [0.25, 0.3) is 5.69 Å². The van der Waals surface area contributed by atoms with Crippen molar-refractivity contribution in [3.63, 3.8) is 0 Å². The van der Waals surface area contributed by atoms with Gasteiger partial charge in [-0.15, -0.1) is 0 Å². The van der Waals surface area contributed by atoms with Gasteiger partial charge in [-0.25, -0.2) is 13.1 Å². The van der Waals surface area contributed by atoms with E-state index in [1.807, 2.05) is 0 Å². The number of nitro groups is 1. The van der Waals surface area contributed by atoms with E-state index in [1.165, 1.54) is 21.1 Å². The molecule has 3 rings (SSSR count). The van der Waals surface area contributed by atoms with Crippen molar-refractivity contribution in [1.82, 2.24) is 14.1 Å². The second-order valence-corrected chi connectivity index (χ2v) is 9.58. The third-order valence-corrected chi connectivity index (χ3v) is 7.38. The Labute approximate surface area is 198 Å². The number of carbonyl (C=O) groups is 1. The summed E-state index contributed by atoms with van der Waals surface area (Å²) in [5.74, 6) is 0.222. The molecular weight excluding hydrogens is 458 g/mol. The highest BCUT2D eigenvalue weighted by Gasteiger charge is 2.21. The highest BCUT2D eigenvalue weighted by molar-refractivity contribution is 7.89. The van der Waals surface area contributed by atoms with Crippen molar-refractivity contribution in [2.75, 3.05) is 18.4 Å². The number of benzene rings is 2. The number of rotatable bonds is 10. The van der Waals surface area contributed by atoms with Crippen molar-refractivity contribution in [1.29, 1.82) is 0 Å². The fourth-order valence-corrected chi connectivity index (χ4v) is 4.96. The molecule has 10 nitrogen and oxygen atoms in total. The van der Waals surface area contributed by atoms with Crippen molar-refractivity contribution in [3.05, 3.63) is 76.0 Å². The van der Waals surface area contributed by atoms with Gasteiger partial charge in [0.05, 0.1) is 21.2 Å². The lowest BCUT2D eigenvalue weighted by molar-refractivity contribution is -0.384. The number of nitrogens with one attached hydrogen (secondary N) is 1. The molecule has 0 bridgehead atoms. The number of anilines is 1. The van der Waals surface area contributed by atoms with Crippen molar-refractivity contribution in [2.24, 2.45) is 0 Å². The predicted molar refractivity (Wildman–Crippen MR) is 128 cm³/mol. The largest absolute Gasteiger partial charge is 0.311 e. The van der Waals surface area contributed by atoms with E-state index in [0.717, 1.165) is 5.56 Å². The van der Waals surface area contributed by atoms with E-state index in [-0.39, 0.29) is 22.9 Å². The average molecular weight is 486 g/mol. The van der Waals surface area contributed by atoms with Gasteiger partial charge in [-0.3, -0.25) is 14.9 Å². The molecule has 1 heterocycles. The summed E-state index contributed by atoms with van der Waals surface area (Å²) in [6.45, 7) is 6.17. The standard InChI is InChI=1S/C23H27N5O5S/c1-4-26(5-2)34(32,33)21-13-6-18(7-14-21)8-15-23(29)24-22-16-17(3)25-27(22)19-9-11-20(12-10-19)28(30)31/h6-7,9-14,16H,4-5,8,15H2,1-3H3,(H,24,29). The molecule has 0 aliphatic rings. The summed E-state index contributed by atoms with van der Waals surface area (Å²) in [5.41, 5.74) is 2.07. The summed E-state index contributed by atoms with van der Waals surface area (Å²) >= 11 is 0. The molecule has 0 atom stereocenters. The first-order valence-electron chi connectivity index (χ1n) is 10.9. The van der Waals surface area contributed by atoms with E-state index in [2.05, 4.69) is 10.4 Å². The van der Waals surface area contributed by atoms with E-state index >= 15 is 0 Å². The molecular formula is C23H27N5O5S. The molecule has 1 N–H and O–H groups in total. The van der Waals surface area contributed by atoms with Crippen molar-refractivity contribution in [2.45, 2.75) is 38.5 Å². The SMILES string of the molecule is CCN(CC)S(=O)(=O)c1ccc(CCC(=O)Nc2cc(C)nn2-c2ccc([N+](=O)[O-])cc2)cc1. The highest BCUT2D eigenvalue weighted by Crippen LogP contribution is 2.21. The zero-order valence-corrected chi connectivity index (χ0v) is 20.1. The summed E-state index contributed by atoms with van der Waals surface area (Å²) in [6.07, 6.45) is 0.620. The van der Waals surface area contributed by atoms with Gasteiger partial charge in [-0.2, -0.15) is 9.40 Å². The number of carbonyl (C=O) groups excluding carboxylic acids is 1. The topological polar surface area (TPSA) is 127 Å². The summed E-state index contributed by atoms with van der Waals surface area (Å²) in [6, 6.07) is 14.2. The Morgan fingerprint density at radius 3 is 2.26 bits per heavy atom. The van der Waals surface area contributed by atoms with Gasteiger partial charge in [-0.1, -0.05) is 26.0 Å². The van der Waals surface area contributed by atoms with Crippen LogP contribution in [0.2, 0.25) is 0 Å². The van der Waals surface area contributed by atoms with Crippen LogP contribution in [0.4, 0.5) is 11.5 Å². The number of hydrogen-bond acceptors (Lipinski definition) is 6. The molecule has 3 aromatic rings. The summed E-state index contributed by atoms with van der Waals surface area (Å²) in [5, 5.41) is 18.1. The molecule has 0 spiro atoms. The van der Waals surface area contributed by atoms with Crippen LogP contribution < -0.4 is 5.32 Å². The quantitative estimate of drug-likeness (QED) is 0.345. The molecule has 180 valence electrons. The van der Waals surface area contributed by atoms with Crippen LogP contribution in [0.15, 0.2) is 59.5 Å². The van der Waals surface area contributed by atoms with Gasteiger partial charge >= 0.3 is 0 Å². The molecule has 1 aromatic heterocycles. The van der Waals surface area contributed by atoms with E-state index in [4.69, 9.17) is 0 Å². The van der Waals surface area contributed by atoms with Crippen LogP contribution in [0.25, 0.3) is 5.69 Å². The minimum Gasteiger partial charge on any atom is -0.311 e. The summed E-state index contributed by atoms with van der Waals surface area (Å²) < 4.78 is 28.1. The molecule has 0 aliphatic carbocycles. The highest BCUT2D eigenvalue weighted by atomic mass is 32.2. The summed E-state index contributed by atoms with van der Waals surface area (Å²) in [4.78, 5) is 23.2. The van der Waals surface area contributed by atoms with Crippen LogP contribution in [0.1, 0.15) is 31.5 Å². The number of hydrogen-bond donors (Lipinski definition) is 1. The van der Waals surface area contributed by atoms with Crippen molar-refractivity contribution >= 4 is 27.4 Å². The van der Waals surface area contributed by atoms with Crippen LogP contribution in [-0.4, -0.2) is 46.4 Å². The minimum atomic E-state index is -3.52. The van der Waals surface area contributed by atoms with Gasteiger partial charge in [0.2, 0.25) is 15.9 Å². The predicted octanol–water partition coefficient (Wildman–Crippen LogP) is 3.69. The molecule has 0 unspecified atom stereocenters. The Morgan fingerprint density at radius 2 is 1.71 bits per heavy atom. The van der Waals surface area contributed by atoms with E-state index in [0.29, 0.717) is 36.7 Å². The lowest BCUT2D eigenvalue weighted by Crippen LogP contribution is -2.30. The normalized spacial score (nSPS) is 11.5. The van der Waals surface area contributed by atoms with Crippen LogP contribution in [-0.2, 0) is 21.2 Å². The number of sulfonamides is 1. The molecule has 0 radical (unpaired) electrons. The molecule has 0 aliphatic heterocycles. The van der Waals surface area contributed by atoms with E-state index in [9.17, 15) is 23.3 Å². The van der Waals surface area contributed by atoms with Gasteiger partial charge < -0.3 is 5.32 Å². The number of aryl methyl sites for hydroxylation is 2.